The molecular weight excluding hydrogens is 1410 g/mol. The Labute approximate surface area is 652 Å². The molecule has 14 aromatic carbocycles. The fourth-order valence-corrected chi connectivity index (χ4v) is 18.2. The number of hydrogen-bond acceptors (Lipinski definition) is 10. The first-order chi connectivity index (χ1) is 55.5. The van der Waals surface area contributed by atoms with E-state index in [-0.39, 0.29) is 0 Å². The van der Waals surface area contributed by atoms with E-state index in [2.05, 4.69) is 240 Å². The summed E-state index contributed by atoms with van der Waals surface area (Å²) in [5.74, 6) is 3.60. The number of aromatic nitrogens is 10. The van der Waals surface area contributed by atoms with Gasteiger partial charge in [-0.2, -0.15) is 0 Å². The van der Waals surface area contributed by atoms with E-state index < -0.39 is 0 Å². The molecule has 0 aliphatic rings. The van der Waals surface area contributed by atoms with Gasteiger partial charge in [0.25, 0.3) is 0 Å². The van der Waals surface area contributed by atoms with Crippen LogP contribution >= 0.6 is 22.7 Å². The molecule has 0 fully saturated rings. The summed E-state index contributed by atoms with van der Waals surface area (Å²) in [6.45, 7) is 0. The smallest absolute Gasteiger partial charge is 0.166 e. The molecule has 0 aliphatic heterocycles. The van der Waals surface area contributed by atoms with Crippen LogP contribution in [0.4, 0.5) is 0 Å². The standard InChI is InChI=1S/2C50H31N5S/c1-5-16-32(17-6-1)35-30-41(50-53-48(33-18-7-2-8-19-33)52-49(54-50)34-20-9-3-10-21-34)45(51-31-35)40-26-15-25-39-44-43(56-47(39)40)29-28-38-37-24-13-14-27-42(37)55(46(38)44)36-22-11-4-12-23-36;1-5-15-32(16-6-1)36-29-41(50-53-48(33-17-7-2-8-18-33)52-49(54-50)34-19-9-3-10-20-34)46(51-31-36)35-25-26-40-44(30-35)56-43-28-27-39-38-23-13-14-24-42(38)55(47(39)45(40)43)37-21-11-4-12-22-37/h2*1-31H. The van der Waals surface area contributed by atoms with Gasteiger partial charge in [0.15, 0.2) is 34.9 Å². The van der Waals surface area contributed by atoms with Crippen LogP contribution in [0.3, 0.4) is 0 Å². The molecule has 8 aromatic heterocycles. The highest BCUT2D eigenvalue weighted by atomic mass is 32.1. The van der Waals surface area contributed by atoms with Crippen molar-refractivity contribution in [2.75, 3.05) is 0 Å². The van der Waals surface area contributed by atoms with Gasteiger partial charge in [-0.05, 0) is 77.9 Å². The molecule has 0 saturated heterocycles. The number of para-hydroxylation sites is 4. The predicted octanol–water partition coefficient (Wildman–Crippen LogP) is 26.1. The second kappa shape index (κ2) is 27.9. The van der Waals surface area contributed by atoms with Crippen LogP contribution in [0.5, 0.6) is 0 Å². The van der Waals surface area contributed by atoms with Crippen LogP contribution in [0.15, 0.2) is 376 Å². The zero-order chi connectivity index (χ0) is 74.0. The first kappa shape index (κ1) is 65.7. The Morgan fingerprint density at radius 2 is 0.571 bits per heavy atom. The molecule has 8 heterocycles. The summed E-state index contributed by atoms with van der Waals surface area (Å²) in [5.41, 5.74) is 20.3. The van der Waals surface area contributed by atoms with Crippen LogP contribution in [0, 0.1) is 0 Å². The molecule has 0 aliphatic carbocycles. The Bertz CT molecular complexity index is 7220. The molecule has 0 amide bonds. The van der Waals surface area contributed by atoms with Crippen LogP contribution in [0.1, 0.15) is 0 Å². The van der Waals surface area contributed by atoms with E-state index in [1.54, 1.807) is 0 Å². The summed E-state index contributed by atoms with van der Waals surface area (Å²) in [7, 11) is 0. The lowest BCUT2D eigenvalue weighted by Crippen LogP contribution is -2.02. The van der Waals surface area contributed by atoms with Crippen LogP contribution < -0.4 is 0 Å². The van der Waals surface area contributed by atoms with Crippen molar-refractivity contribution in [3.05, 3.63) is 376 Å². The van der Waals surface area contributed by atoms with E-state index in [1.807, 2.05) is 169 Å². The zero-order valence-corrected chi connectivity index (χ0v) is 61.7. The molecule has 524 valence electrons. The topological polar surface area (TPSA) is 113 Å². The Hall–Kier alpha value is -14.6. The van der Waals surface area contributed by atoms with Crippen molar-refractivity contribution in [3.8, 4) is 124 Å². The lowest BCUT2D eigenvalue weighted by Gasteiger charge is -2.14. The van der Waals surface area contributed by atoms with Crippen molar-refractivity contribution in [3.63, 3.8) is 0 Å². The van der Waals surface area contributed by atoms with Gasteiger partial charge in [-0.1, -0.05) is 297 Å². The zero-order valence-electron chi connectivity index (χ0n) is 60.1. The molecule has 0 radical (unpaired) electrons. The lowest BCUT2D eigenvalue weighted by molar-refractivity contribution is 1.07. The minimum atomic E-state index is 0.572. The molecule has 22 aromatic rings. The van der Waals surface area contributed by atoms with E-state index >= 15 is 0 Å². The van der Waals surface area contributed by atoms with Crippen molar-refractivity contribution >= 4 is 107 Å². The van der Waals surface area contributed by atoms with Crippen LogP contribution in [0.2, 0.25) is 0 Å². The summed E-state index contributed by atoms with van der Waals surface area (Å²) in [4.78, 5) is 41.1. The van der Waals surface area contributed by atoms with Crippen LogP contribution in [0.25, 0.3) is 208 Å². The number of pyridine rings is 2. The van der Waals surface area contributed by atoms with E-state index in [1.165, 1.54) is 84.0 Å². The van der Waals surface area contributed by atoms with Crippen molar-refractivity contribution in [2.45, 2.75) is 0 Å². The minimum Gasteiger partial charge on any atom is -0.309 e. The summed E-state index contributed by atoms with van der Waals surface area (Å²) in [5, 5.41) is 9.89. The van der Waals surface area contributed by atoms with Gasteiger partial charge in [-0.25, -0.2) is 29.9 Å². The van der Waals surface area contributed by atoms with Gasteiger partial charge in [0, 0.05) is 141 Å². The third-order valence-electron chi connectivity index (χ3n) is 21.0. The van der Waals surface area contributed by atoms with E-state index in [0.29, 0.717) is 34.9 Å². The average molecular weight is 1470 g/mol. The second-order valence-electron chi connectivity index (χ2n) is 27.7. The van der Waals surface area contributed by atoms with Gasteiger partial charge in [0.05, 0.1) is 33.5 Å². The maximum absolute atomic E-state index is 5.29. The third-order valence-corrected chi connectivity index (χ3v) is 23.3. The number of hydrogen-bond donors (Lipinski definition) is 0. The number of fused-ring (bicyclic) bond motifs is 14. The Morgan fingerprint density at radius 3 is 1.03 bits per heavy atom. The van der Waals surface area contributed by atoms with E-state index in [4.69, 9.17) is 39.9 Å². The fraction of sp³-hybridized carbons (Fsp3) is 0. The first-order valence-corrected chi connectivity index (χ1v) is 38.9. The quantitative estimate of drug-likeness (QED) is 0.119. The number of benzene rings is 14. The Kier molecular flexibility index (Phi) is 16.4. The monoisotopic (exact) mass is 1470 g/mol. The van der Waals surface area contributed by atoms with Crippen molar-refractivity contribution < 1.29 is 0 Å². The molecule has 10 nitrogen and oxygen atoms in total. The normalized spacial score (nSPS) is 11.6. The molecule has 0 bridgehead atoms. The lowest BCUT2D eigenvalue weighted by atomic mass is 9.98. The van der Waals surface area contributed by atoms with E-state index in [0.717, 1.165) is 89.5 Å². The number of thiophene rings is 2. The van der Waals surface area contributed by atoms with Gasteiger partial charge in [-0.15, -0.1) is 22.7 Å². The molecule has 0 atom stereocenters. The van der Waals surface area contributed by atoms with Gasteiger partial charge < -0.3 is 9.13 Å². The van der Waals surface area contributed by atoms with Crippen LogP contribution in [-0.2, 0) is 0 Å². The SMILES string of the molecule is c1ccc(-c2cnc(-c3ccc4c(c3)sc3ccc5c6ccccc6n(-c6ccccc6)c5c34)c(-c3nc(-c4ccccc4)nc(-c4ccccc4)n3)c2)cc1.c1ccc(-c2cnc(-c3cccc4c3sc3ccc5c6ccccc6n(-c6ccccc6)c5c34)c(-c3nc(-c4ccccc4)nc(-c4ccccc4)n3)c2)cc1. The second-order valence-corrected chi connectivity index (χ2v) is 29.8. The highest BCUT2D eigenvalue weighted by Crippen LogP contribution is 2.49. The highest BCUT2D eigenvalue weighted by molar-refractivity contribution is 7.26. The predicted molar refractivity (Wildman–Crippen MR) is 464 cm³/mol. The summed E-state index contributed by atoms with van der Waals surface area (Å²) in [6, 6.07) is 127. The molecule has 0 spiro atoms. The molecule has 12 heteroatoms. The summed E-state index contributed by atoms with van der Waals surface area (Å²) >= 11 is 3.63. The van der Waals surface area contributed by atoms with Crippen molar-refractivity contribution in [2.24, 2.45) is 0 Å². The minimum absolute atomic E-state index is 0.572. The van der Waals surface area contributed by atoms with Crippen molar-refractivity contribution in [1.29, 1.82) is 0 Å². The largest absolute Gasteiger partial charge is 0.309 e. The summed E-state index contributed by atoms with van der Waals surface area (Å²) in [6.07, 6.45) is 3.94. The van der Waals surface area contributed by atoms with Gasteiger partial charge in [-0.3, -0.25) is 9.97 Å². The highest BCUT2D eigenvalue weighted by Gasteiger charge is 2.26. The average Bonchev–Trinajstić information content (AvgIpc) is 1.56. The Balaban J connectivity index is 0.000000141. The molecule has 0 N–H and O–H groups in total. The molecule has 0 saturated carbocycles. The van der Waals surface area contributed by atoms with Crippen LogP contribution in [-0.4, -0.2) is 49.0 Å². The molecule has 0 unspecified atom stereocenters. The maximum Gasteiger partial charge on any atom is 0.166 e. The molecule has 22 rings (SSSR count). The van der Waals surface area contributed by atoms with Crippen molar-refractivity contribution in [1.82, 2.24) is 49.0 Å². The third kappa shape index (κ3) is 11.6. The number of rotatable bonds is 12. The van der Waals surface area contributed by atoms with Gasteiger partial charge in [0.2, 0.25) is 0 Å². The van der Waals surface area contributed by atoms with E-state index in [9.17, 15) is 0 Å². The fourth-order valence-electron chi connectivity index (χ4n) is 15.8. The van der Waals surface area contributed by atoms with Gasteiger partial charge in [0.1, 0.15) is 0 Å². The molecule has 112 heavy (non-hydrogen) atoms. The number of nitrogens with zero attached hydrogens (tertiary/aromatic N) is 10. The maximum atomic E-state index is 5.29. The van der Waals surface area contributed by atoms with Gasteiger partial charge >= 0.3 is 0 Å². The molecular formula is C100H62N10S2. The summed E-state index contributed by atoms with van der Waals surface area (Å²) < 4.78 is 9.67. The Morgan fingerprint density at radius 1 is 0.214 bits per heavy atom. The first-order valence-electron chi connectivity index (χ1n) is 37.3.